The molecule has 0 aromatic rings. The van der Waals surface area contributed by atoms with Gasteiger partial charge in [0.25, 0.3) is 0 Å². The summed E-state index contributed by atoms with van der Waals surface area (Å²) in [5, 5.41) is 34.3. The van der Waals surface area contributed by atoms with Crippen LogP contribution in [-0.2, 0) is 0 Å². The minimum atomic E-state index is -0.809. The molecule has 2 unspecified atom stereocenters. The number of likely N-dealkylation sites (N-methyl/N-ethyl adjacent to an activating group) is 1. The van der Waals surface area contributed by atoms with E-state index < -0.39 is 11.5 Å². The average Bonchev–Trinajstić information content (AvgIpc) is 2.84. The van der Waals surface area contributed by atoms with Gasteiger partial charge in [0, 0.05) is 18.5 Å². The number of aliphatic hydroxyl groups excluding tert-OH is 3. The Morgan fingerprint density at radius 2 is 2.03 bits per heavy atom. The Bertz CT molecular complexity index is 836. The van der Waals surface area contributed by atoms with Crippen LogP contribution in [-0.4, -0.2) is 53.9 Å². The highest BCUT2D eigenvalue weighted by Crippen LogP contribution is 2.38. The van der Waals surface area contributed by atoms with Crippen molar-refractivity contribution in [3.8, 4) is 0 Å². The molecule has 4 N–H and O–H groups in total. The topological polar surface area (TPSA) is 85.1 Å². The van der Waals surface area contributed by atoms with E-state index in [0.717, 1.165) is 30.4 Å². The first-order valence-electron chi connectivity index (χ1n) is 11.3. The highest BCUT2D eigenvalue weighted by molar-refractivity contribution is 6.11. The van der Waals surface area contributed by atoms with Crippen LogP contribution in [0.25, 0.3) is 0 Å². The van der Waals surface area contributed by atoms with Crippen LogP contribution in [0.1, 0.15) is 60.3 Å². The number of nitrogens with one attached hydrogen (secondary N) is 1. The van der Waals surface area contributed by atoms with Gasteiger partial charge in [-0.1, -0.05) is 26.0 Å². The van der Waals surface area contributed by atoms with Gasteiger partial charge in [0.15, 0.2) is 0 Å². The summed E-state index contributed by atoms with van der Waals surface area (Å²) in [6.45, 7) is 13.5. The van der Waals surface area contributed by atoms with E-state index in [4.69, 9.17) is 4.99 Å². The second-order valence-electron chi connectivity index (χ2n) is 8.89. The number of aliphatic imine (C=N–C) groups is 1. The standard InChI is InChI=1S/C26H41FN2O3/c1-8-22(27)19(5)26(6)12-10-11-17(3)21(14-28-7)25(29-16-26)24(32)13-20(18(4)15-30)23(31)9-2/h8,13,23,28,30-32H,1,9-12,14-16H2,2-7H3/b20-18-,21-17+,22-19+,24-13-,29-25?. The first-order valence-corrected chi connectivity index (χ1v) is 11.3. The van der Waals surface area contributed by atoms with Crippen molar-refractivity contribution in [1.29, 1.82) is 0 Å². The van der Waals surface area contributed by atoms with Gasteiger partial charge in [0.05, 0.1) is 12.7 Å². The molecule has 0 radical (unpaired) electrons. The van der Waals surface area contributed by atoms with Crippen molar-refractivity contribution >= 4 is 5.71 Å². The largest absolute Gasteiger partial charge is 0.506 e. The molecular formula is C26H41FN2O3. The van der Waals surface area contributed by atoms with Crippen LogP contribution in [0, 0.1) is 5.41 Å². The van der Waals surface area contributed by atoms with Crippen molar-refractivity contribution in [2.45, 2.75) is 66.4 Å². The molecular weight excluding hydrogens is 407 g/mol. The lowest BCUT2D eigenvalue weighted by Gasteiger charge is -2.29. The van der Waals surface area contributed by atoms with E-state index in [9.17, 15) is 19.7 Å². The molecule has 0 bridgehead atoms. The SMILES string of the molecule is C=C/C(F)=C(/C)C1(C)CCC/C(C)=C(\CNC)C(/C(O)=C/C(=C(\C)CO)C(O)CC)=NC1. The highest BCUT2D eigenvalue weighted by Gasteiger charge is 2.30. The molecule has 1 rings (SSSR count). The number of rotatable bonds is 9. The van der Waals surface area contributed by atoms with Crippen molar-refractivity contribution < 1.29 is 19.7 Å². The smallest absolute Gasteiger partial charge is 0.141 e. The molecule has 1 aliphatic heterocycles. The molecule has 0 saturated heterocycles. The lowest BCUT2D eigenvalue weighted by Crippen LogP contribution is -2.25. The highest BCUT2D eigenvalue weighted by atomic mass is 19.1. The van der Waals surface area contributed by atoms with Crippen LogP contribution in [0.5, 0.6) is 0 Å². The Hall–Kier alpha value is -2.02. The van der Waals surface area contributed by atoms with E-state index in [0.29, 0.717) is 41.9 Å². The zero-order chi connectivity index (χ0) is 24.5. The number of aliphatic hydroxyl groups is 3. The van der Waals surface area contributed by atoms with E-state index in [2.05, 4.69) is 11.9 Å². The van der Waals surface area contributed by atoms with Crippen LogP contribution < -0.4 is 5.32 Å². The number of nitrogens with zero attached hydrogens (tertiary/aromatic N) is 1. The summed E-state index contributed by atoms with van der Waals surface area (Å²) < 4.78 is 14.4. The second-order valence-corrected chi connectivity index (χ2v) is 8.89. The van der Waals surface area contributed by atoms with Crippen molar-refractivity contribution in [2.24, 2.45) is 10.4 Å². The molecule has 0 aliphatic carbocycles. The third-order valence-corrected chi connectivity index (χ3v) is 6.47. The molecule has 0 amide bonds. The number of allylic oxidation sites excluding steroid dienone is 4. The van der Waals surface area contributed by atoms with Gasteiger partial charge in [0.2, 0.25) is 0 Å². The third kappa shape index (κ3) is 6.99. The van der Waals surface area contributed by atoms with E-state index in [1.54, 1.807) is 13.8 Å². The molecule has 5 nitrogen and oxygen atoms in total. The predicted molar refractivity (Wildman–Crippen MR) is 132 cm³/mol. The van der Waals surface area contributed by atoms with Gasteiger partial charge in [-0.3, -0.25) is 4.99 Å². The first kappa shape index (κ1) is 28.0. The summed E-state index contributed by atoms with van der Waals surface area (Å²) in [5.41, 5.74) is 3.59. The van der Waals surface area contributed by atoms with Crippen LogP contribution in [0.2, 0.25) is 0 Å². The number of halogens is 1. The molecule has 1 aliphatic rings. The molecule has 6 heteroatoms. The summed E-state index contributed by atoms with van der Waals surface area (Å²) >= 11 is 0. The van der Waals surface area contributed by atoms with Gasteiger partial charge in [-0.15, -0.1) is 0 Å². The monoisotopic (exact) mass is 448 g/mol. The first-order chi connectivity index (χ1) is 15.1. The van der Waals surface area contributed by atoms with Gasteiger partial charge in [-0.05, 0) is 87.9 Å². The second kappa shape index (κ2) is 12.9. The number of hydrogen-bond acceptors (Lipinski definition) is 5. The predicted octanol–water partition coefficient (Wildman–Crippen LogP) is 5.10. The Morgan fingerprint density at radius 1 is 1.38 bits per heavy atom. The van der Waals surface area contributed by atoms with Crippen molar-refractivity contribution in [1.82, 2.24) is 5.32 Å². The van der Waals surface area contributed by atoms with Crippen LogP contribution in [0.4, 0.5) is 4.39 Å². The molecule has 0 aromatic carbocycles. The number of hydrogen-bond donors (Lipinski definition) is 4. The Morgan fingerprint density at radius 3 is 2.56 bits per heavy atom. The van der Waals surface area contributed by atoms with Gasteiger partial charge in [-0.25, -0.2) is 4.39 Å². The van der Waals surface area contributed by atoms with Crippen molar-refractivity contribution in [3.63, 3.8) is 0 Å². The maximum absolute atomic E-state index is 14.4. The van der Waals surface area contributed by atoms with Gasteiger partial charge in [-0.2, -0.15) is 0 Å². The van der Waals surface area contributed by atoms with Crippen LogP contribution in [0.15, 0.2) is 63.2 Å². The van der Waals surface area contributed by atoms with E-state index in [1.165, 1.54) is 12.2 Å². The quantitative estimate of drug-likeness (QED) is 0.292. The molecule has 180 valence electrons. The molecule has 0 fully saturated rings. The minimum absolute atomic E-state index is 0.0695. The molecule has 2 atom stereocenters. The van der Waals surface area contributed by atoms with Crippen LogP contribution in [0.3, 0.4) is 0 Å². The van der Waals surface area contributed by atoms with Crippen molar-refractivity contribution in [3.05, 3.63) is 58.2 Å². The fraction of sp³-hybridized carbons (Fsp3) is 0.577. The summed E-state index contributed by atoms with van der Waals surface area (Å²) in [6, 6.07) is 0. The minimum Gasteiger partial charge on any atom is -0.506 e. The van der Waals surface area contributed by atoms with Gasteiger partial charge < -0.3 is 20.6 Å². The Kier molecular flexibility index (Phi) is 11.3. The molecule has 32 heavy (non-hydrogen) atoms. The zero-order valence-electron chi connectivity index (χ0n) is 20.6. The zero-order valence-corrected chi connectivity index (χ0v) is 20.6. The van der Waals surface area contributed by atoms with Crippen LogP contribution >= 0.6 is 0 Å². The summed E-state index contributed by atoms with van der Waals surface area (Å²) in [5.74, 6) is -0.404. The molecule has 0 spiro atoms. The lowest BCUT2D eigenvalue weighted by molar-refractivity contribution is 0.206. The van der Waals surface area contributed by atoms with Gasteiger partial charge >= 0.3 is 0 Å². The maximum atomic E-state index is 14.4. The average molecular weight is 449 g/mol. The van der Waals surface area contributed by atoms with Gasteiger partial charge in [0.1, 0.15) is 17.3 Å². The van der Waals surface area contributed by atoms with Crippen molar-refractivity contribution in [2.75, 3.05) is 26.7 Å². The molecule has 1 heterocycles. The normalized spacial score (nSPS) is 25.7. The maximum Gasteiger partial charge on any atom is 0.141 e. The third-order valence-electron chi connectivity index (χ3n) is 6.47. The fourth-order valence-corrected chi connectivity index (χ4v) is 3.95. The Balaban J connectivity index is 3.69. The van der Waals surface area contributed by atoms with E-state index in [-0.39, 0.29) is 18.2 Å². The summed E-state index contributed by atoms with van der Waals surface area (Å²) in [4.78, 5) is 4.81. The summed E-state index contributed by atoms with van der Waals surface area (Å²) in [7, 11) is 1.84. The molecule has 0 saturated carbocycles. The molecule has 0 aromatic heterocycles. The fourth-order valence-electron chi connectivity index (χ4n) is 3.95. The van der Waals surface area contributed by atoms with E-state index >= 15 is 0 Å². The van der Waals surface area contributed by atoms with E-state index in [1.807, 2.05) is 27.8 Å². The Labute approximate surface area is 192 Å². The lowest BCUT2D eigenvalue weighted by atomic mass is 9.77. The summed E-state index contributed by atoms with van der Waals surface area (Å²) in [6.07, 6.45) is 4.80.